The van der Waals surface area contributed by atoms with E-state index in [1.165, 1.54) is 0 Å². The molecule has 1 aliphatic carbocycles. The van der Waals surface area contributed by atoms with Crippen molar-refractivity contribution in [3.63, 3.8) is 0 Å². The number of alkyl halides is 2. The van der Waals surface area contributed by atoms with Crippen LogP contribution in [0.5, 0.6) is 0 Å². The van der Waals surface area contributed by atoms with Gasteiger partial charge in [0.1, 0.15) is 0 Å². The molecule has 1 saturated carbocycles. The molecule has 0 bridgehead atoms. The van der Waals surface area contributed by atoms with Crippen LogP contribution >= 0.6 is 31.9 Å². The zero-order valence-electron chi connectivity index (χ0n) is 11.0. The third kappa shape index (κ3) is 2.72. The van der Waals surface area contributed by atoms with Crippen LogP contribution < -0.4 is 0 Å². The molecule has 0 N–H and O–H groups in total. The van der Waals surface area contributed by atoms with Gasteiger partial charge in [-0.05, 0) is 37.8 Å². The van der Waals surface area contributed by atoms with E-state index in [9.17, 15) is 8.42 Å². The second-order valence-electron chi connectivity index (χ2n) is 5.47. The maximum absolute atomic E-state index is 12.7. The van der Waals surface area contributed by atoms with E-state index < -0.39 is 10.0 Å². The largest absolute Gasteiger partial charge is 0.243 e. The molecule has 2 aliphatic rings. The first-order valence-corrected chi connectivity index (χ1v) is 10.2. The number of sulfonamides is 1. The van der Waals surface area contributed by atoms with Crippen LogP contribution in [0.25, 0.3) is 0 Å². The number of halogens is 2. The number of nitrogens with zero attached hydrogens (tertiary/aromatic N) is 1. The van der Waals surface area contributed by atoms with E-state index >= 15 is 0 Å². The molecule has 3 rings (SSSR count). The molecule has 6 heteroatoms. The normalized spacial score (nSPS) is 37.6. The lowest BCUT2D eigenvalue weighted by atomic mass is 10.0. The van der Waals surface area contributed by atoms with Crippen molar-refractivity contribution in [2.45, 2.75) is 52.3 Å². The molecule has 1 saturated heterocycles. The molecule has 0 amide bonds. The molecule has 0 radical (unpaired) electrons. The molecule has 2 fully saturated rings. The summed E-state index contributed by atoms with van der Waals surface area (Å²) in [5, 5.41) is 0. The van der Waals surface area contributed by atoms with E-state index in [1.54, 1.807) is 28.6 Å². The molecular formula is C14H17Br2NO2S. The summed E-state index contributed by atoms with van der Waals surface area (Å²) >= 11 is 7.37. The second-order valence-corrected chi connectivity index (χ2v) is 9.66. The highest BCUT2D eigenvalue weighted by atomic mass is 79.9. The molecule has 1 unspecified atom stereocenters. The number of hydrogen-bond donors (Lipinski definition) is 0. The standard InChI is InChI=1S/C14H17Br2NO2S/c15-11-6-8-13-14(9-7-12(11)16)17(13)20(18,19)10-4-2-1-3-5-10/h1-5,11-14H,6-9H2/t11-,12-,13-,14+,17?/m0/s1. The van der Waals surface area contributed by atoms with Gasteiger partial charge in [-0.3, -0.25) is 0 Å². The van der Waals surface area contributed by atoms with Crippen molar-refractivity contribution in [2.24, 2.45) is 0 Å². The van der Waals surface area contributed by atoms with Crippen LogP contribution in [-0.4, -0.2) is 34.5 Å². The van der Waals surface area contributed by atoms with Gasteiger partial charge < -0.3 is 0 Å². The Morgan fingerprint density at radius 2 is 1.40 bits per heavy atom. The number of benzene rings is 1. The Morgan fingerprint density at radius 3 is 1.90 bits per heavy atom. The highest BCUT2D eigenvalue weighted by molar-refractivity contribution is 9.12. The minimum absolute atomic E-state index is 0.195. The van der Waals surface area contributed by atoms with Crippen LogP contribution in [0, 0.1) is 0 Å². The van der Waals surface area contributed by atoms with Crippen LogP contribution in [0.15, 0.2) is 35.2 Å². The Bertz CT molecular complexity index is 560. The van der Waals surface area contributed by atoms with E-state index in [1.807, 2.05) is 6.07 Å². The first-order valence-electron chi connectivity index (χ1n) is 6.88. The van der Waals surface area contributed by atoms with E-state index in [2.05, 4.69) is 31.9 Å². The average Bonchev–Trinajstić information content (AvgIpc) is 3.15. The predicted octanol–water partition coefficient (Wildman–Crippen LogP) is 3.53. The Balaban J connectivity index is 1.80. The fourth-order valence-electron chi connectivity index (χ4n) is 3.04. The summed E-state index contributed by atoms with van der Waals surface area (Å²) < 4.78 is 27.0. The predicted molar refractivity (Wildman–Crippen MR) is 86.9 cm³/mol. The maximum Gasteiger partial charge on any atom is 0.243 e. The van der Waals surface area contributed by atoms with Crippen molar-refractivity contribution in [3.8, 4) is 0 Å². The van der Waals surface area contributed by atoms with Gasteiger partial charge in [0.15, 0.2) is 0 Å². The molecule has 0 aromatic heterocycles. The minimum Gasteiger partial charge on any atom is -0.207 e. The zero-order valence-corrected chi connectivity index (χ0v) is 14.9. The molecule has 3 nitrogen and oxygen atoms in total. The smallest absolute Gasteiger partial charge is 0.207 e. The fourth-order valence-corrected chi connectivity index (χ4v) is 5.99. The lowest BCUT2D eigenvalue weighted by Crippen LogP contribution is -2.18. The van der Waals surface area contributed by atoms with E-state index in [-0.39, 0.29) is 12.1 Å². The van der Waals surface area contributed by atoms with Gasteiger partial charge in [0.2, 0.25) is 10.0 Å². The summed E-state index contributed by atoms with van der Waals surface area (Å²) in [5.41, 5.74) is 0. The maximum atomic E-state index is 12.7. The molecule has 110 valence electrons. The van der Waals surface area contributed by atoms with Crippen LogP contribution in [0.4, 0.5) is 0 Å². The van der Waals surface area contributed by atoms with Gasteiger partial charge in [0.25, 0.3) is 0 Å². The zero-order chi connectivity index (χ0) is 14.3. The topological polar surface area (TPSA) is 37.1 Å². The van der Waals surface area contributed by atoms with Crippen molar-refractivity contribution in [2.75, 3.05) is 0 Å². The lowest BCUT2D eigenvalue weighted by molar-refractivity contribution is 0.538. The van der Waals surface area contributed by atoms with Crippen molar-refractivity contribution < 1.29 is 8.42 Å². The van der Waals surface area contributed by atoms with Gasteiger partial charge in [-0.15, -0.1) is 0 Å². The summed E-state index contributed by atoms with van der Waals surface area (Å²) in [5.74, 6) is 0. The van der Waals surface area contributed by atoms with Gasteiger partial charge >= 0.3 is 0 Å². The van der Waals surface area contributed by atoms with Crippen LogP contribution in [0.3, 0.4) is 0 Å². The molecule has 1 aromatic carbocycles. The van der Waals surface area contributed by atoms with Gasteiger partial charge in [0.05, 0.1) is 4.90 Å². The lowest BCUT2D eigenvalue weighted by Gasteiger charge is -2.17. The van der Waals surface area contributed by atoms with Crippen molar-refractivity contribution in [1.29, 1.82) is 0 Å². The number of rotatable bonds is 2. The summed E-state index contributed by atoms with van der Waals surface area (Å²) in [6.07, 6.45) is 3.90. The Hall–Kier alpha value is 0.0900. The highest BCUT2D eigenvalue weighted by Gasteiger charge is 2.55. The SMILES string of the molecule is O=S(=O)(c1ccccc1)N1[C@@H]2CC[C@H](Br)[C@@H](Br)CC[C@@H]21. The molecule has 20 heavy (non-hydrogen) atoms. The fraction of sp³-hybridized carbons (Fsp3) is 0.571. The second kappa shape index (κ2) is 5.71. The quantitative estimate of drug-likeness (QED) is 0.540. The summed E-state index contributed by atoms with van der Waals surface area (Å²) in [7, 11) is -3.31. The Morgan fingerprint density at radius 1 is 0.900 bits per heavy atom. The van der Waals surface area contributed by atoms with Crippen molar-refractivity contribution in [1.82, 2.24) is 4.31 Å². The summed E-state index contributed by atoms with van der Waals surface area (Å²) in [6.45, 7) is 0. The number of hydrogen-bond acceptors (Lipinski definition) is 2. The Kier molecular flexibility index (Phi) is 4.28. The van der Waals surface area contributed by atoms with Crippen LogP contribution in [0.2, 0.25) is 0 Å². The number of fused-ring (bicyclic) bond motifs is 1. The molecule has 5 atom stereocenters. The first-order chi connectivity index (χ1) is 9.51. The summed E-state index contributed by atoms with van der Waals surface area (Å²) in [4.78, 5) is 1.29. The van der Waals surface area contributed by atoms with Crippen LogP contribution in [-0.2, 0) is 10.0 Å². The third-order valence-corrected chi connectivity index (χ3v) is 9.06. The summed E-state index contributed by atoms with van der Waals surface area (Å²) in [6, 6.07) is 9.16. The highest BCUT2D eigenvalue weighted by Crippen LogP contribution is 2.44. The van der Waals surface area contributed by atoms with Gasteiger partial charge in [-0.1, -0.05) is 50.1 Å². The minimum atomic E-state index is -3.31. The molecule has 1 aromatic rings. The third-order valence-electron chi connectivity index (χ3n) is 4.20. The van der Waals surface area contributed by atoms with Gasteiger partial charge in [-0.25, -0.2) is 8.42 Å². The Labute approximate surface area is 137 Å². The van der Waals surface area contributed by atoms with E-state index in [4.69, 9.17) is 0 Å². The first kappa shape index (κ1) is 15.0. The van der Waals surface area contributed by atoms with Gasteiger partial charge in [-0.2, -0.15) is 4.31 Å². The molecule has 0 spiro atoms. The monoisotopic (exact) mass is 421 g/mol. The van der Waals surface area contributed by atoms with E-state index in [0.717, 1.165) is 25.7 Å². The molecular weight excluding hydrogens is 406 g/mol. The van der Waals surface area contributed by atoms with E-state index in [0.29, 0.717) is 14.5 Å². The van der Waals surface area contributed by atoms with Crippen molar-refractivity contribution >= 4 is 41.9 Å². The molecule has 1 aliphatic heterocycles. The van der Waals surface area contributed by atoms with Gasteiger partial charge in [0, 0.05) is 21.7 Å². The molecule has 1 heterocycles. The average molecular weight is 423 g/mol. The van der Waals surface area contributed by atoms with Crippen molar-refractivity contribution in [3.05, 3.63) is 30.3 Å². The van der Waals surface area contributed by atoms with Crippen LogP contribution in [0.1, 0.15) is 25.7 Å².